The molecule has 0 atom stereocenters. The minimum absolute atomic E-state index is 0.00449. The molecule has 0 radical (unpaired) electrons. The highest BCUT2D eigenvalue weighted by Crippen LogP contribution is 2.19. The molecule has 1 saturated heterocycles. The van der Waals surface area contributed by atoms with Crippen molar-refractivity contribution in [2.75, 3.05) is 32.0 Å². The number of amides is 2. The molecule has 1 fully saturated rings. The molecule has 114 valence electrons. The summed E-state index contributed by atoms with van der Waals surface area (Å²) in [7, 11) is 1.78. The number of likely N-dealkylation sites (N-methyl/N-ethyl adjacent to an activating group) is 1. The van der Waals surface area contributed by atoms with Gasteiger partial charge in [0.2, 0.25) is 5.91 Å². The number of carbonyl (C=O) groups excluding carboxylic acids is 2. The quantitative estimate of drug-likeness (QED) is 0.923. The zero-order chi connectivity index (χ0) is 15.4. The van der Waals surface area contributed by atoms with Crippen LogP contribution in [0.4, 0.5) is 5.69 Å². The molecule has 0 aliphatic carbocycles. The number of carbonyl (C=O) groups is 2. The smallest absolute Gasteiger partial charge is 0.256 e. The molecule has 2 rings (SSSR count). The van der Waals surface area contributed by atoms with Gasteiger partial charge in [0, 0.05) is 31.9 Å². The van der Waals surface area contributed by atoms with E-state index >= 15 is 0 Å². The fourth-order valence-corrected chi connectivity index (χ4v) is 2.44. The third kappa shape index (κ3) is 3.74. The van der Waals surface area contributed by atoms with E-state index in [1.54, 1.807) is 16.8 Å². The first-order valence-corrected chi connectivity index (χ1v) is 7.38. The topological polar surface area (TPSA) is 52.7 Å². The van der Waals surface area contributed by atoms with E-state index in [0.29, 0.717) is 18.7 Å². The van der Waals surface area contributed by atoms with Crippen LogP contribution >= 0.6 is 0 Å². The Hall–Kier alpha value is -2.04. The summed E-state index contributed by atoms with van der Waals surface area (Å²) in [5, 5.41) is 3.29. The summed E-state index contributed by atoms with van der Waals surface area (Å²) in [5.41, 5.74) is 1.45. The van der Waals surface area contributed by atoms with E-state index in [2.05, 4.69) is 5.32 Å². The zero-order valence-electron chi connectivity index (χ0n) is 12.9. The van der Waals surface area contributed by atoms with Gasteiger partial charge in [0.05, 0.1) is 5.56 Å². The molecular weight excluding hydrogens is 266 g/mol. The van der Waals surface area contributed by atoms with Gasteiger partial charge in [0.25, 0.3) is 5.91 Å². The Balaban J connectivity index is 2.21. The van der Waals surface area contributed by atoms with E-state index in [-0.39, 0.29) is 24.4 Å². The average Bonchev–Trinajstić information content (AvgIpc) is 2.60. The Morgan fingerprint density at radius 1 is 1.24 bits per heavy atom. The molecule has 2 amide bonds. The number of para-hydroxylation sites is 1. The van der Waals surface area contributed by atoms with Crippen molar-refractivity contribution in [1.29, 1.82) is 0 Å². The number of nitrogens with one attached hydrogen (secondary N) is 1. The molecule has 0 bridgehead atoms. The van der Waals surface area contributed by atoms with Gasteiger partial charge in [-0.3, -0.25) is 9.59 Å². The Kier molecular flexibility index (Phi) is 4.83. The lowest BCUT2D eigenvalue weighted by atomic mass is 10.1. The third-order valence-electron chi connectivity index (χ3n) is 3.56. The molecule has 1 aromatic rings. The van der Waals surface area contributed by atoms with Crippen molar-refractivity contribution in [3.05, 3.63) is 29.8 Å². The van der Waals surface area contributed by atoms with Crippen LogP contribution in [0, 0.1) is 0 Å². The van der Waals surface area contributed by atoms with Gasteiger partial charge < -0.3 is 15.1 Å². The van der Waals surface area contributed by atoms with Crippen LogP contribution in [-0.4, -0.2) is 54.3 Å². The molecule has 21 heavy (non-hydrogen) atoms. The minimum atomic E-state index is -0.0811. The van der Waals surface area contributed by atoms with E-state index in [1.165, 1.54) is 0 Å². The normalized spacial score (nSPS) is 16.1. The SMILES string of the molecule is CC(C)Nc1ccccc1C(=O)N1CCCN(C)C(=O)C1. The summed E-state index contributed by atoms with van der Waals surface area (Å²) < 4.78 is 0. The van der Waals surface area contributed by atoms with Crippen molar-refractivity contribution >= 4 is 17.5 Å². The van der Waals surface area contributed by atoms with Crippen LogP contribution in [0.15, 0.2) is 24.3 Å². The number of hydrogen-bond donors (Lipinski definition) is 1. The minimum Gasteiger partial charge on any atom is -0.382 e. The first-order chi connectivity index (χ1) is 9.99. The lowest BCUT2D eigenvalue weighted by molar-refractivity contribution is -0.129. The predicted octanol–water partition coefficient (Wildman–Crippen LogP) is 1.81. The maximum atomic E-state index is 12.7. The van der Waals surface area contributed by atoms with Crippen LogP contribution in [0.3, 0.4) is 0 Å². The molecule has 0 unspecified atom stereocenters. The van der Waals surface area contributed by atoms with Crippen molar-refractivity contribution in [3.63, 3.8) is 0 Å². The van der Waals surface area contributed by atoms with Gasteiger partial charge in [0.1, 0.15) is 6.54 Å². The van der Waals surface area contributed by atoms with Gasteiger partial charge in [-0.25, -0.2) is 0 Å². The molecule has 5 nitrogen and oxygen atoms in total. The maximum absolute atomic E-state index is 12.7. The molecule has 1 aliphatic rings. The summed E-state index contributed by atoms with van der Waals surface area (Å²) in [6.07, 6.45) is 0.813. The molecular formula is C16H23N3O2. The molecule has 1 heterocycles. The molecule has 5 heteroatoms. The van der Waals surface area contributed by atoms with Crippen molar-refractivity contribution in [2.45, 2.75) is 26.3 Å². The van der Waals surface area contributed by atoms with Crippen LogP contribution in [0.1, 0.15) is 30.6 Å². The van der Waals surface area contributed by atoms with E-state index < -0.39 is 0 Å². The standard InChI is InChI=1S/C16H23N3O2/c1-12(2)17-14-8-5-4-7-13(14)16(21)19-10-6-9-18(3)15(20)11-19/h4-5,7-8,12,17H,6,9-11H2,1-3H3. The Bertz CT molecular complexity index is 528. The second kappa shape index (κ2) is 6.61. The third-order valence-corrected chi connectivity index (χ3v) is 3.56. The molecule has 1 aromatic carbocycles. The average molecular weight is 289 g/mol. The number of nitrogens with zero attached hydrogens (tertiary/aromatic N) is 2. The van der Waals surface area contributed by atoms with Gasteiger partial charge in [-0.05, 0) is 32.4 Å². The maximum Gasteiger partial charge on any atom is 0.256 e. The summed E-state index contributed by atoms with van der Waals surface area (Å²) in [4.78, 5) is 28.0. The molecule has 0 aromatic heterocycles. The van der Waals surface area contributed by atoms with Crippen molar-refractivity contribution in [3.8, 4) is 0 Å². The van der Waals surface area contributed by atoms with E-state index in [1.807, 2.05) is 38.1 Å². The number of anilines is 1. The van der Waals surface area contributed by atoms with Gasteiger partial charge in [-0.1, -0.05) is 12.1 Å². The lowest BCUT2D eigenvalue weighted by Gasteiger charge is -2.22. The largest absolute Gasteiger partial charge is 0.382 e. The Labute approximate surface area is 125 Å². The van der Waals surface area contributed by atoms with Gasteiger partial charge >= 0.3 is 0 Å². The van der Waals surface area contributed by atoms with E-state index in [4.69, 9.17) is 0 Å². The highest BCUT2D eigenvalue weighted by molar-refractivity contribution is 6.01. The van der Waals surface area contributed by atoms with Gasteiger partial charge in [0.15, 0.2) is 0 Å². The molecule has 0 saturated carbocycles. The first-order valence-electron chi connectivity index (χ1n) is 7.38. The number of benzene rings is 1. The molecule has 1 aliphatic heterocycles. The van der Waals surface area contributed by atoms with Crippen molar-refractivity contribution in [1.82, 2.24) is 9.80 Å². The van der Waals surface area contributed by atoms with Gasteiger partial charge in [-0.15, -0.1) is 0 Å². The van der Waals surface area contributed by atoms with Gasteiger partial charge in [-0.2, -0.15) is 0 Å². The van der Waals surface area contributed by atoms with Crippen LogP contribution in [0.2, 0.25) is 0 Å². The number of rotatable bonds is 3. The summed E-state index contributed by atoms with van der Waals surface area (Å²) in [6.45, 7) is 5.54. The Morgan fingerprint density at radius 2 is 1.95 bits per heavy atom. The number of hydrogen-bond acceptors (Lipinski definition) is 3. The highest BCUT2D eigenvalue weighted by Gasteiger charge is 2.25. The fourth-order valence-electron chi connectivity index (χ4n) is 2.44. The molecule has 0 spiro atoms. The van der Waals surface area contributed by atoms with E-state index in [9.17, 15) is 9.59 Å². The zero-order valence-corrected chi connectivity index (χ0v) is 12.9. The van der Waals surface area contributed by atoms with Crippen LogP contribution in [-0.2, 0) is 4.79 Å². The van der Waals surface area contributed by atoms with Crippen LogP contribution in [0.5, 0.6) is 0 Å². The highest BCUT2D eigenvalue weighted by atomic mass is 16.2. The van der Waals surface area contributed by atoms with Crippen molar-refractivity contribution in [2.24, 2.45) is 0 Å². The second-order valence-corrected chi connectivity index (χ2v) is 5.74. The monoisotopic (exact) mass is 289 g/mol. The summed E-state index contributed by atoms with van der Waals surface area (Å²) in [6, 6.07) is 7.72. The van der Waals surface area contributed by atoms with Crippen LogP contribution < -0.4 is 5.32 Å². The summed E-state index contributed by atoms with van der Waals surface area (Å²) in [5.74, 6) is -0.0856. The molecule has 1 N–H and O–H groups in total. The fraction of sp³-hybridized carbons (Fsp3) is 0.500. The Morgan fingerprint density at radius 3 is 2.67 bits per heavy atom. The lowest BCUT2D eigenvalue weighted by Crippen LogP contribution is -2.38. The van der Waals surface area contributed by atoms with Crippen molar-refractivity contribution < 1.29 is 9.59 Å². The predicted molar refractivity (Wildman–Crippen MR) is 83.4 cm³/mol. The summed E-state index contributed by atoms with van der Waals surface area (Å²) >= 11 is 0. The second-order valence-electron chi connectivity index (χ2n) is 5.74. The van der Waals surface area contributed by atoms with Crippen LogP contribution in [0.25, 0.3) is 0 Å². The first kappa shape index (κ1) is 15.4. The van der Waals surface area contributed by atoms with E-state index in [0.717, 1.165) is 12.1 Å².